The van der Waals surface area contributed by atoms with E-state index in [4.69, 9.17) is 16.7 Å². The number of aliphatic hydroxyl groups excluding tert-OH is 1. The summed E-state index contributed by atoms with van der Waals surface area (Å²) < 4.78 is 39.7. The van der Waals surface area contributed by atoms with E-state index in [2.05, 4.69) is 9.72 Å². The first kappa shape index (κ1) is 12.1. The van der Waals surface area contributed by atoms with Crippen LogP contribution in [0.4, 0.5) is 13.2 Å². The lowest BCUT2D eigenvalue weighted by Crippen LogP contribution is -2.19. The summed E-state index contributed by atoms with van der Waals surface area (Å²) in [6, 6.07) is 1.16. The number of rotatable bonds is 3. The van der Waals surface area contributed by atoms with Crippen LogP contribution in [-0.2, 0) is 6.61 Å². The third-order valence-corrected chi connectivity index (χ3v) is 1.80. The molecule has 0 aliphatic carbocycles. The van der Waals surface area contributed by atoms with Crippen LogP contribution in [0.3, 0.4) is 0 Å². The lowest BCUT2D eigenvalue weighted by Gasteiger charge is -2.09. The molecule has 1 aromatic heterocycles. The van der Waals surface area contributed by atoms with Gasteiger partial charge in [-0.25, -0.2) is 4.98 Å². The van der Waals surface area contributed by atoms with Crippen LogP contribution in [0.1, 0.15) is 5.56 Å². The summed E-state index contributed by atoms with van der Waals surface area (Å²) in [5.74, 6) is -0.222. The lowest BCUT2D eigenvalue weighted by molar-refractivity contribution is -0.154. The van der Waals surface area contributed by atoms with Crippen LogP contribution in [0.15, 0.2) is 12.3 Å². The number of ether oxygens (including phenoxy) is 1. The van der Waals surface area contributed by atoms with Crippen LogP contribution < -0.4 is 4.74 Å². The Hall–Kier alpha value is -1.01. The minimum Gasteiger partial charge on any atom is -0.468 e. The van der Waals surface area contributed by atoms with Crippen LogP contribution >= 0.6 is 11.6 Å². The predicted molar refractivity (Wildman–Crippen MR) is 46.7 cm³/mol. The molecule has 15 heavy (non-hydrogen) atoms. The summed E-state index contributed by atoms with van der Waals surface area (Å²) in [4.78, 5) is 3.52. The topological polar surface area (TPSA) is 42.4 Å². The first-order valence-corrected chi connectivity index (χ1v) is 4.25. The molecular formula is C8H7ClF3NO2. The molecule has 0 aliphatic rings. The molecule has 0 amide bonds. The minimum atomic E-state index is -4.42. The average molecular weight is 242 g/mol. The van der Waals surface area contributed by atoms with E-state index in [9.17, 15) is 13.2 Å². The van der Waals surface area contributed by atoms with E-state index in [-0.39, 0.29) is 23.1 Å². The highest BCUT2D eigenvalue weighted by molar-refractivity contribution is 6.31. The maximum absolute atomic E-state index is 11.8. The lowest BCUT2D eigenvalue weighted by atomic mass is 10.3. The Labute approximate surface area is 88.5 Å². The van der Waals surface area contributed by atoms with Crippen molar-refractivity contribution in [2.75, 3.05) is 6.61 Å². The number of hydrogen-bond donors (Lipinski definition) is 1. The van der Waals surface area contributed by atoms with Gasteiger partial charge in [0.05, 0.1) is 11.6 Å². The Bertz CT molecular complexity index is 343. The van der Waals surface area contributed by atoms with E-state index in [0.29, 0.717) is 0 Å². The van der Waals surface area contributed by atoms with Crippen molar-refractivity contribution >= 4 is 11.6 Å². The van der Waals surface area contributed by atoms with Crippen molar-refractivity contribution in [1.29, 1.82) is 0 Å². The first-order chi connectivity index (χ1) is 6.92. The average Bonchev–Trinajstić information content (AvgIpc) is 2.15. The van der Waals surface area contributed by atoms with Crippen molar-refractivity contribution < 1.29 is 23.0 Å². The summed E-state index contributed by atoms with van der Waals surface area (Å²) in [5, 5.41) is 8.96. The van der Waals surface area contributed by atoms with Gasteiger partial charge in [0, 0.05) is 17.8 Å². The van der Waals surface area contributed by atoms with Gasteiger partial charge in [0.1, 0.15) is 0 Å². The van der Waals surface area contributed by atoms with Gasteiger partial charge >= 0.3 is 6.18 Å². The summed E-state index contributed by atoms with van der Waals surface area (Å²) in [6.07, 6.45) is -3.29. The highest BCUT2D eigenvalue weighted by atomic mass is 35.5. The molecule has 0 saturated carbocycles. The minimum absolute atomic E-state index is 0.178. The quantitative estimate of drug-likeness (QED) is 0.882. The van der Waals surface area contributed by atoms with Crippen LogP contribution in [0, 0.1) is 0 Å². The maximum atomic E-state index is 11.8. The molecule has 0 aromatic carbocycles. The third-order valence-electron chi connectivity index (χ3n) is 1.46. The van der Waals surface area contributed by atoms with E-state index < -0.39 is 12.8 Å². The van der Waals surface area contributed by atoms with E-state index >= 15 is 0 Å². The van der Waals surface area contributed by atoms with E-state index in [0.717, 1.165) is 12.3 Å². The number of aromatic nitrogens is 1. The van der Waals surface area contributed by atoms with Crippen molar-refractivity contribution in [2.24, 2.45) is 0 Å². The van der Waals surface area contributed by atoms with Gasteiger partial charge in [0.2, 0.25) is 5.88 Å². The van der Waals surface area contributed by atoms with Crippen LogP contribution in [-0.4, -0.2) is 22.9 Å². The molecule has 7 heteroatoms. The number of alkyl halides is 3. The van der Waals surface area contributed by atoms with Crippen molar-refractivity contribution in [1.82, 2.24) is 4.98 Å². The Balaban J connectivity index is 2.70. The molecule has 1 rings (SSSR count). The first-order valence-electron chi connectivity index (χ1n) is 3.87. The van der Waals surface area contributed by atoms with Crippen LogP contribution in [0.2, 0.25) is 5.02 Å². The van der Waals surface area contributed by atoms with Gasteiger partial charge in [0.25, 0.3) is 0 Å². The van der Waals surface area contributed by atoms with Gasteiger partial charge in [-0.2, -0.15) is 13.2 Å². The van der Waals surface area contributed by atoms with Crippen molar-refractivity contribution in [3.8, 4) is 5.88 Å². The molecule has 0 radical (unpaired) electrons. The van der Waals surface area contributed by atoms with Gasteiger partial charge in [-0.1, -0.05) is 11.6 Å². The zero-order valence-electron chi connectivity index (χ0n) is 7.38. The molecule has 0 atom stereocenters. The van der Waals surface area contributed by atoms with Crippen molar-refractivity contribution in [3.05, 3.63) is 22.8 Å². The largest absolute Gasteiger partial charge is 0.468 e. The SMILES string of the molecule is OCc1cc(OCC(F)(F)F)ncc1Cl. The fraction of sp³-hybridized carbons (Fsp3) is 0.375. The fourth-order valence-electron chi connectivity index (χ4n) is 0.814. The maximum Gasteiger partial charge on any atom is 0.422 e. The third kappa shape index (κ3) is 3.93. The summed E-state index contributed by atoms with van der Waals surface area (Å²) in [6.45, 7) is -1.81. The highest BCUT2D eigenvalue weighted by Crippen LogP contribution is 2.21. The molecule has 1 heterocycles. The van der Waals surface area contributed by atoms with Gasteiger partial charge in [-0.3, -0.25) is 0 Å². The molecule has 84 valence electrons. The zero-order valence-corrected chi connectivity index (χ0v) is 8.14. The molecule has 0 aliphatic heterocycles. The summed E-state index contributed by atoms with van der Waals surface area (Å²) >= 11 is 5.59. The zero-order chi connectivity index (χ0) is 11.5. The summed E-state index contributed by atoms with van der Waals surface area (Å²) in [7, 11) is 0. The monoisotopic (exact) mass is 241 g/mol. The van der Waals surface area contributed by atoms with Crippen LogP contribution in [0.5, 0.6) is 5.88 Å². The molecule has 0 bridgehead atoms. The fourth-order valence-corrected chi connectivity index (χ4v) is 0.977. The molecule has 1 N–H and O–H groups in total. The highest BCUT2D eigenvalue weighted by Gasteiger charge is 2.28. The van der Waals surface area contributed by atoms with Crippen molar-refractivity contribution in [2.45, 2.75) is 12.8 Å². The molecule has 0 unspecified atom stereocenters. The van der Waals surface area contributed by atoms with Crippen molar-refractivity contribution in [3.63, 3.8) is 0 Å². The second-order valence-corrected chi connectivity index (χ2v) is 3.08. The smallest absolute Gasteiger partial charge is 0.422 e. The number of halogens is 4. The number of pyridine rings is 1. The second kappa shape index (κ2) is 4.67. The predicted octanol–water partition coefficient (Wildman–Crippen LogP) is 2.17. The molecule has 1 aromatic rings. The van der Waals surface area contributed by atoms with Gasteiger partial charge in [-0.05, 0) is 0 Å². The molecule has 0 fully saturated rings. The van der Waals surface area contributed by atoms with E-state index in [1.165, 1.54) is 0 Å². The Morgan fingerprint density at radius 1 is 1.47 bits per heavy atom. The van der Waals surface area contributed by atoms with Crippen LogP contribution in [0.25, 0.3) is 0 Å². The summed E-state index contributed by atoms with van der Waals surface area (Å²) in [5.41, 5.74) is 0.267. The van der Waals surface area contributed by atoms with Gasteiger partial charge in [-0.15, -0.1) is 0 Å². The van der Waals surface area contributed by atoms with Gasteiger partial charge in [0.15, 0.2) is 6.61 Å². The van der Waals surface area contributed by atoms with Gasteiger partial charge < -0.3 is 9.84 Å². The normalized spacial score (nSPS) is 11.5. The number of aliphatic hydroxyl groups is 1. The van der Waals surface area contributed by atoms with E-state index in [1.807, 2.05) is 0 Å². The molecule has 0 saturated heterocycles. The Morgan fingerprint density at radius 3 is 2.67 bits per heavy atom. The standard InChI is InChI=1S/C8H7ClF3NO2/c9-6-2-13-7(1-5(6)3-14)15-4-8(10,11)12/h1-2,14H,3-4H2. The molecule has 0 spiro atoms. The second-order valence-electron chi connectivity index (χ2n) is 2.68. The Morgan fingerprint density at radius 2 is 2.13 bits per heavy atom. The molecular weight excluding hydrogens is 235 g/mol. The number of hydrogen-bond acceptors (Lipinski definition) is 3. The Kier molecular flexibility index (Phi) is 3.76. The van der Waals surface area contributed by atoms with E-state index in [1.54, 1.807) is 0 Å². The number of nitrogens with zero attached hydrogens (tertiary/aromatic N) is 1. The molecule has 3 nitrogen and oxygen atoms in total.